The van der Waals surface area contributed by atoms with E-state index in [0.29, 0.717) is 0 Å². The number of anilines is 1. The number of fused-ring (bicyclic) bond motifs is 1. The zero-order chi connectivity index (χ0) is 6.97. The molecule has 1 heterocycles. The topological polar surface area (TPSA) is 54.7 Å². The molecule has 0 fully saturated rings. The Hall–Kier alpha value is -1.51. The molecule has 3 nitrogen and oxygen atoms in total. The van der Waals surface area contributed by atoms with E-state index in [1.807, 2.05) is 12.1 Å². The number of nitrogens with two attached hydrogens (primary N) is 1. The second-order valence-corrected chi connectivity index (χ2v) is 2.17. The Morgan fingerprint density at radius 2 is 2.30 bits per heavy atom. The third-order valence-electron chi connectivity index (χ3n) is 1.53. The molecule has 0 saturated carbocycles. The summed E-state index contributed by atoms with van der Waals surface area (Å²) < 4.78 is 0. The van der Waals surface area contributed by atoms with Crippen LogP contribution in [0.4, 0.5) is 5.69 Å². The van der Waals surface area contributed by atoms with Crippen molar-refractivity contribution in [3.8, 4) is 11.3 Å². The highest BCUT2D eigenvalue weighted by molar-refractivity contribution is 5.76. The summed E-state index contributed by atoms with van der Waals surface area (Å²) in [6.07, 6.45) is 3.39. The lowest BCUT2D eigenvalue weighted by molar-refractivity contribution is 1.18. The lowest BCUT2D eigenvalue weighted by Gasteiger charge is -1.96. The second kappa shape index (κ2) is 1.73. The second-order valence-electron chi connectivity index (χ2n) is 2.17. The molecule has 3 N–H and O–H groups in total. The molecule has 0 aromatic carbocycles. The summed E-state index contributed by atoms with van der Waals surface area (Å²) in [5, 5.41) is 0. The van der Waals surface area contributed by atoms with Crippen LogP contribution in [0, 0.1) is 0 Å². The van der Waals surface area contributed by atoms with Gasteiger partial charge in [0.2, 0.25) is 0 Å². The molecule has 0 atom stereocenters. The molecule has 0 aromatic rings. The fourth-order valence-corrected chi connectivity index (χ4v) is 0.997. The van der Waals surface area contributed by atoms with Gasteiger partial charge in [0.25, 0.3) is 0 Å². The van der Waals surface area contributed by atoms with Crippen LogP contribution in [0.5, 0.6) is 0 Å². The molecule has 10 heavy (non-hydrogen) atoms. The van der Waals surface area contributed by atoms with Crippen molar-refractivity contribution in [1.29, 1.82) is 0 Å². The highest BCUT2D eigenvalue weighted by Crippen LogP contribution is 2.25. The molecule has 0 aromatic heterocycles. The van der Waals surface area contributed by atoms with Gasteiger partial charge in [-0.3, -0.25) is 0 Å². The SMILES string of the molecule is Nc1ccc2[nH]cncc1-2. The van der Waals surface area contributed by atoms with E-state index in [4.69, 9.17) is 5.73 Å². The Bertz CT molecular complexity index is 313. The van der Waals surface area contributed by atoms with Gasteiger partial charge in [-0.25, -0.2) is 4.98 Å². The zero-order valence-electron chi connectivity index (χ0n) is 5.33. The number of aromatic nitrogens is 2. The van der Waals surface area contributed by atoms with E-state index >= 15 is 0 Å². The van der Waals surface area contributed by atoms with E-state index in [1.165, 1.54) is 0 Å². The van der Waals surface area contributed by atoms with E-state index < -0.39 is 0 Å². The highest BCUT2D eigenvalue weighted by atomic mass is 14.8. The number of hydrogen-bond donors (Lipinski definition) is 2. The number of nitrogens with zero attached hydrogens (tertiary/aromatic N) is 1. The molecular weight excluding hydrogens is 126 g/mol. The van der Waals surface area contributed by atoms with Crippen molar-refractivity contribution in [2.45, 2.75) is 0 Å². The van der Waals surface area contributed by atoms with Crippen molar-refractivity contribution >= 4 is 5.69 Å². The van der Waals surface area contributed by atoms with Gasteiger partial charge in [0.15, 0.2) is 0 Å². The molecule has 0 amide bonds. The van der Waals surface area contributed by atoms with Crippen LogP contribution >= 0.6 is 0 Å². The van der Waals surface area contributed by atoms with Crippen LogP contribution in [0.1, 0.15) is 0 Å². The molecule has 50 valence electrons. The standard InChI is InChI=1S/C7H7N3/c8-6-1-2-7-5(6)3-9-4-10-7/h1-4H,8H2,(H,9,10). The summed E-state index contributed by atoms with van der Waals surface area (Å²) in [6.45, 7) is 0. The van der Waals surface area contributed by atoms with Crippen LogP contribution < -0.4 is 5.73 Å². The fourth-order valence-electron chi connectivity index (χ4n) is 0.997. The van der Waals surface area contributed by atoms with Crippen LogP contribution in [0.15, 0.2) is 24.7 Å². The van der Waals surface area contributed by atoms with Gasteiger partial charge in [-0.2, -0.15) is 0 Å². The van der Waals surface area contributed by atoms with Gasteiger partial charge >= 0.3 is 0 Å². The minimum absolute atomic E-state index is 0.777. The van der Waals surface area contributed by atoms with Crippen molar-refractivity contribution in [3.05, 3.63) is 24.7 Å². The van der Waals surface area contributed by atoms with Gasteiger partial charge in [-0.05, 0) is 12.1 Å². The Morgan fingerprint density at radius 3 is 3.10 bits per heavy atom. The number of hydrogen-bond acceptors (Lipinski definition) is 2. The van der Waals surface area contributed by atoms with Crippen molar-refractivity contribution in [1.82, 2.24) is 9.97 Å². The predicted octanol–water partition coefficient (Wildman–Crippen LogP) is 1.10. The maximum atomic E-state index is 5.62. The minimum Gasteiger partial charge on any atom is -0.398 e. The maximum Gasteiger partial charge on any atom is 0.0923 e. The maximum absolute atomic E-state index is 5.62. The molecule has 0 radical (unpaired) electrons. The molecule has 0 bridgehead atoms. The van der Waals surface area contributed by atoms with Gasteiger partial charge in [0.05, 0.1) is 12.0 Å². The van der Waals surface area contributed by atoms with Crippen molar-refractivity contribution < 1.29 is 0 Å². The van der Waals surface area contributed by atoms with Crippen molar-refractivity contribution in [2.24, 2.45) is 0 Å². The lowest BCUT2D eigenvalue weighted by Crippen LogP contribution is -1.86. The summed E-state index contributed by atoms with van der Waals surface area (Å²) in [5.41, 5.74) is 8.42. The Balaban J connectivity index is 2.78. The van der Waals surface area contributed by atoms with E-state index in [1.54, 1.807) is 12.5 Å². The number of nitrogen functional groups attached to an aromatic ring is 1. The zero-order valence-corrected chi connectivity index (χ0v) is 5.33. The first-order valence-corrected chi connectivity index (χ1v) is 3.04. The van der Waals surface area contributed by atoms with Gasteiger partial charge in [-0.1, -0.05) is 0 Å². The van der Waals surface area contributed by atoms with Crippen LogP contribution in [0.3, 0.4) is 0 Å². The van der Waals surface area contributed by atoms with Crippen LogP contribution in [0.2, 0.25) is 0 Å². The van der Waals surface area contributed by atoms with E-state index in [9.17, 15) is 0 Å². The normalized spacial score (nSPS) is 10.4. The molecule has 0 unspecified atom stereocenters. The van der Waals surface area contributed by atoms with Crippen LogP contribution in [-0.4, -0.2) is 9.97 Å². The van der Waals surface area contributed by atoms with Crippen molar-refractivity contribution in [3.63, 3.8) is 0 Å². The molecule has 0 spiro atoms. The number of nitrogens with one attached hydrogen (secondary N) is 1. The average Bonchev–Trinajstić information content (AvgIpc) is 2.34. The van der Waals surface area contributed by atoms with Crippen molar-refractivity contribution in [2.75, 3.05) is 5.73 Å². The lowest BCUT2D eigenvalue weighted by atomic mass is 10.3. The van der Waals surface area contributed by atoms with Crippen LogP contribution in [-0.2, 0) is 0 Å². The number of rotatable bonds is 0. The smallest absolute Gasteiger partial charge is 0.0923 e. The Morgan fingerprint density at radius 1 is 1.40 bits per heavy atom. The van der Waals surface area contributed by atoms with Gasteiger partial charge in [-0.15, -0.1) is 0 Å². The van der Waals surface area contributed by atoms with Gasteiger partial charge in [0.1, 0.15) is 0 Å². The molecule has 1 aliphatic carbocycles. The molecule has 2 aliphatic rings. The summed E-state index contributed by atoms with van der Waals surface area (Å²) in [7, 11) is 0. The predicted molar refractivity (Wildman–Crippen MR) is 39.6 cm³/mol. The molecule has 3 heteroatoms. The molecule has 0 saturated heterocycles. The van der Waals surface area contributed by atoms with E-state index in [0.717, 1.165) is 16.9 Å². The first-order valence-electron chi connectivity index (χ1n) is 3.04. The third kappa shape index (κ3) is 0.572. The van der Waals surface area contributed by atoms with E-state index in [-0.39, 0.29) is 0 Å². The molecule has 1 aliphatic heterocycles. The summed E-state index contributed by atoms with van der Waals surface area (Å²) in [4.78, 5) is 6.89. The summed E-state index contributed by atoms with van der Waals surface area (Å²) in [5.74, 6) is 0. The van der Waals surface area contributed by atoms with E-state index in [2.05, 4.69) is 9.97 Å². The monoisotopic (exact) mass is 133 g/mol. The van der Waals surface area contributed by atoms with Gasteiger partial charge in [0, 0.05) is 17.4 Å². The minimum atomic E-state index is 0.777. The highest BCUT2D eigenvalue weighted by Gasteiger charge is 2.04. The third-order valence-corrected chi connectivity index (χ3v) is 1.53. The molecular formula is C7H7N3. The first kappa shape index (κ1) is 5.29. The number of H-pyrrole nitrogens is 1. The summed E-state index contributed by atoms with van der Waals surface area (Å²) in [6, 6.07) is 3.80. The Kier molecular flexibility index (Phi) is 0.917. The largest absolute Gasteiger partial charge is 0.398 e. The summed E-state index contributed by atoms with van der Waals surface area (Å²) >= 11 is 0. The average molecular weight is 133 g/mol. The van der Waals surface area contributed by atoms with Crippen LogP contribution in [0.25, 0.3) is 11.3 Å². The number of aromatic amines is 1. The quantitative estimate of drug-likeness (QED) is 0.565. The Labute approximate surface area is 58.2 Å². The molecule has 2 rings (SSSR count). The fraction of sp³-hybridized carbons (Fsp3) is 0. The first-order chi connectivity index (χ1) is 4.88. The van der Waals surface area contributed by atoms with Gasteiger partial charge < -0.3 is 10.7 Å².